The summed E-state index contributed by atoms with van der Waals surface area (Å²) in [6, 6.07) is 12.1. The third-order valence-electron chi connectivity index (χ3n) is 3.48. The zero-order valence-corrected chi connectivity index (χ0v) is 11.7. The van der Waals surface area contributed by atoms with Crippen LogP contribution in [0.25, 0.3) is 28.5 Å². The second-order valence-electron chi connectivity index (χ2n) is 4.85. The van der Waals surface area contributed by atoms with Gasteiger partial charge in [0.15, 0.2) is 0 Å². The Labute approximate surface area is 127 Å². The Morgan fingerprint density at radius 3 is 2.50 bits per heavy atom. The summed E-state index contributed by atoms with van der Waals surface area (Å²) in [7, 11) is 0. The summed E-state index contributed by atoms with van der Waals surface area (Å²) >= 11 is 0. The van der Waals surface area contributed by atoms with E-state index < -0.39 is 0 Å². The van der Waals surface area contributed by atoms with Gasteiger partial charge in [0.25, 0.3) is 0 Å². The maximum absolute atomic E-state index is 4.44. The molecule has 0 atom stereocenters. The Balaban J connectivity index is 1.73. The van der Waals surface area contributed by atoms with Crippen molar-refractivity contribution < 1.29 is 0 Å². The lowest BCUT2D eigenvalue weighted by Gasteiger charge is -2.08. The van der Waals surface area contributed by atoms with Crippen LogP contribution in [0.4, 0.5) is 0 Å². The normalized spacial score (nSPS) is 10.7. The van der Waals surface area contributed by atoms with E-state index in [1.165, 1.54) is 0 Å². The molecule has 3 aromatic heterocycles. The van der Waals surface area contributed by atoms with E-state index in [0.29, 0.717) is 0 Å². The first-order chi connectivity index (χ1) is 10.9. The van der Waals surface area contributed by atoms with Crippen LogP contribution in [-0.4, -0.2) is 24.5 Å². The molecule has 0 radical (unpaired) electrons. The van der Waals surface area contributed by atoms with Crippen molar-refractivity contribution in [3.63, 3.8) is 0 Å². The lowest BCUT2D eigenvalue weighted by atomic mass is 10.2. The number of rotatable bonds is 3. The van der Waals surface area contributed by atoms with Crippen LogP contribution >= 0.6 is 0 Å². The van der Waals surface area contributed by atoms with Gasteiger partial charge >= 0.3 is 0 Å². The van der Waals surface area contributed by atoms with Gasteiger partial charge < -0.3 is 4.98 Å². The molecule has 4 aromatic rings. The van der Waals surface area contributed by atoms with Crippen LogP contribution in [-0.2, 0) is 0 Å². The fourth-order valence-corrected chi connectivity index (χ4v) is 2.42. The number of imidazole rings is 2. The van der Waals surface area contributed by atoms with E-state index in [0.717, 1.165) is 28.5 Å². The number of aromatic amines is 1. The summed E-state index contributed by atoms with van der Waals surface area (Å²) in [6.45, 7) is 0. The van der Waals surface area contributed by atoms with Gasteiger partial charge in [-0.05, 0) is 36.4 Å². The molecule has 0 aliphatic carbocycles. The lowest BCUT2D eigenvalue weighted by molar-refractivity contribution is 1.06. The summed E-state index contributed by atoms with van der Waals surface area (Å²) in [4.78, 5) is 16.0. The molecule has 22 heavy (non-hydrogen) atoms. The maximum atomic E-state index is 4.44. The summed E-state index contributed by atoms with van der Waals surface area (Å²) < 4.78 is 2.04. The molecule has 5 heteroatoms. The highest BCUT2D eigenvalue weighted by Gasteiger charge is 2.08. The van der Waals surface area contributed by atoms with E-state index >= 15 is 0 Å². The quantitative estimate of drug-likeness (QED) is 0.629. The summed E-state index contributed by atoms with van der Waals surface area (Å²) in [5.74, 6) is 1.74. The number of hydrogen-bond donors (Lipinski definition) is 1. The number of benzene rings is 1. The first-order valence-electron chi connectivity index (χ1n) is 6.96. The van der Waals surface area contributed by atoms with E-state index in [1.54, 1.807) is 18.6 Å². The topological polar surface area (TPSA) is 59.4 Å². The average molecular weight is 287 g/mol. The Hall–Kier alpha value is -3.21. The number of nitrogens with one attached hydrogen (secondary N) is 1. The van der Waals surface area contributed by atoms with Crippen LogP contribution < -0.4 is 0 Å². The number of pyridine rings is 1. The first-order valence-corrected chi connectivity index (χ1v) is 6.96. The van der Waals surface area contributed by atoms with Gasteiger partial charge in [-0.15, -0.1) is 0 Å². The van der Waals surface area contributed by atoms with Crippen LogP contribution in [0.5, 0.6) is 0 Å². The van der Waals surface area contributed by atoms with Crippen molar-refractivity contribution in [3.05, 3.63) is 73.6 Å². The molecule has 0 spiro atoms. The molecule has 0 fully saturated rings. The second kappa shape index (κ2) is 5.29. The molecule has 0 unspecified atom stereocenters. The second-order valence-corrected chi connectivity index (χ2v) is 4.85. The monoisotopic (exact) mass is 287 g/mol. The number of aromatic nitrogens is 5. The van der Waals surface area contributed by atoms with Gasteiger partial charge in [-0.1, -0.05) is 0 Å². The van der Waals surface area contributed by atoms with Crippen molar-refractivity contribution in [1.29, 1.82) is 0 Å². The Kier molecular flexibility index (Phi) is 3.01. The Morgan fingerprint density at radius 2 is 1.77 bits per heavy atom. The highest BCUT2D eigenvalue weighted by Crippen LogP contribution is 2.22. The predicted octanol–water partition coefficient (Wildman–Crippen LogP) is 3.32. The number of hydrogen-bond acceptors (Lipinski definition) is 3. The largest absolute Gasteiger partial charge is 0.345 e. The minimum absolute atomic E-state index is 0.865. The molecule has 1 N–H and O–H groups in total. The lowest BCUT2D eigenvalue weighted by Crippen LogP contribution is -1.96. The molecule has 0 saturated carbocycles. The standard InChI is InChI=1S/C17H13N5/c1-2-14(12-18-7-1)17-21-10-11-22(17)15-5-3-13(4-6-15)16-19-8-9-20-16/h1-12H,(H,19,20). The van der Waals surface area contributed by atoms with Crippen LogP contribution in [0, 0.1) is 0 Å². The van der Waals surface area contributed by atoms with E-state index in [4.69, 9.17) is 0 Å². The van der Waals surface area contributed by atoms with Crippen molar-refractivity contribution in [2.75, 3.05) is 0 Å². The first kappa shape index (κ1) is 12.5. The highest BCUT2D eigenvalue weighted by atomic mass is 15.1. The van der Waals surface area contributed by atoms with Gasteiger partial charge in [-0.2, -0.15) is 0 Å². The maximum Gasteiger partial charge on any atom is 0.146 e. The fraction of sp³-hybridized carbons (Fsp3) is 0. The molecule has 0 aliphatic rings. The molecule has 1 aromatic carbocycles. The molecule has 3 heterocycles. The molecular weight excluding hydrogens is 274 g/mol. The number of nitrogens with zero attached hydrogens (tertiary/aromatic N) is 4. The van der Waals surface area contributed by atoms with Crippen molar-refractivity contribution in [3.8, 4) is 28.5 Å². The average Bonchev–Trinajstić information content (AvgIpc) is 3.28. The Bertz CT molecular complexity index is 861. The van der Waals surface area contributed by atoms with Gasteiger partial charge in [-0.25, -0.2) is 9.97 Å². The molecule has 106 valence electrons. The van der Waals surface area contributed by atoms with E-state index in [9.17, 15) is 0 Å². The van der Waals surface area contributed by atoms with Gasteiger partial charge in [-0.3, -0.25) is 9.55 Å². The van der Waals surface area contributed by atoms with Crippen LogP contribution in [0.1, 0.15) is 0 Å². The van der Waals surface area contributed by atoms with Gasteiger partial charge in [0.2, 0.25) is 0 Å². The van der Waals surface area contributed by atoms with Crippen molar-refractivity contribution in [2.45, 2.75) is 0 Å². The van der Waals surface area contributed by atoms with Crippen molar-refractivity contribution in [2.24, 2.45) is 0 Å². The zero-order valence-electron chi connectivity index (χ0n) is 11.7. The summed E-state index contributed by atoms with van der Waals surface area (Å²) in [5.41, 5.74) is 3.09. The Morgan fingerprint density at radius 1 is 0.864 bits per heavy atom. The predicted molar refractivity (Wildman–Crippen MR) is 84.4 cm³/mol. The minimum Gasteiger partial charge on any atom is -0.345 e. The van der Waals surface area contributed by atoms with Crippen molar-refractivity contribution in [1.82, 2.24) is 24.5 Å². The van der Waals surface area contributed by atoms with Gasteiger partial charge in [0.1, 0.15) is 11.6 Å². The van der Waals surface area contributed by atoms with Crippen LogP contribution in [0.15, 0.2) is 73.6 Å². The van der Waals surface area contributed by atoms with Gasteiger partial charge in [0.05, 0.1) is 0 Å². The molecule has 0 amide bonds. The van der Waals surface area contributed by atoms with Gasteiger partial charge in [0, 0.05) is 54.0 Å². The van der Waals surface area contributed by atoms with E-state index in [1.807, 2.05) is 47.4 Å². The molecule has 0 aliphatic heterocycles. The third-order valence-corrected chi connectivity index (χ3v) is 3.48. The minimum atomic E-state index is 0.865. The smallest absolute Gasteiger partial charge is 0.146 e. The summed E-state index contributed by atoms with van der Waals surface area (Å²) in [6.07, 6.45) is 10.9. The number of H-pyrrole nitrogens is 1. The van der Waals surface area contributed by atoms with E-state index in [2.05, 4.69) is 32.1 Å². The zero-order chi connectivity index (χ0) is 14.8. The van der Waals surface area contributed by atoms with E-state index in [-0.39, 0.29) is 0 Å². The SMILES string of the molecule is c1cncc(-c2nccn2-c2ccc(-c3ncc[nH]3)cc2)c1. The molecule has 0 bridgehead atoms. The molecule has 0 saturated heterocycles. The highest BCUT2D eigenvalue weighted by molar-refractivity contribution is 5.60. The molecular formula is C17H13N5. The molecule has 4 rings (SSSR count). The molecule has 5 nitrogen and oxygen atoms in total. The summed E-state index contributed by atoms with van der Waals surface area (Å²) in [5, 5.41) is 0. The fourth-order valence-electron chi connectivity index (χ4n) is 2.42. The van der Waals surface area contributed by atoms with Crippen LogP contribution in [0.2, 0.25) is 0 Å². The third kappa shape index (κ3) is 2.18. The van der Waals surface area contributed by atoms with Crippen LogP contribution in [0.3, 0.4) is 0 Å². The van der Waals surface area contributed by atoms with Crippen molar-refractivity contribution >= 4 is 0 Å².